The van der Waals surface area contributed by atoms with Crippen molar-refractivity contribution >= 4 is 17.4 Å². The van der Waals surface area contributed by atoms with Crippen molar-refractivity contribution in [2.45, 2.75) is 25.7 Å². The Morgan fingerprint density at radius 1 is 1.19 bits per heavy atom. The SMILES string of the molecule is COc1ccc(C(=O)N/N=C2/CCCC(=O)C2)cc1OC. The second-order valence-corrected chi connectivity index (χ2v) is 4.76. The van der Waals surface area contributed by atoms with Crippen molar-refractivity contribution in [3.05, 3.63) is 23.8 Å². The van der Waals surface area contributed by atoms with Crippen LogP contribution in [-0.2, 0) is 4.79 Å². The molecular weight excluding hydrogens is 272 g/mol. The Hall–Kier alpha value is -2.37. The van der Waals surface area contributed by atoms with Gasteiger partial charge in [0.05, 0.1) is 14.2 Å². The normalized spacial score (nSPS) is 16.7. The van der Waals surface area contributed by atoms with Crippen LogP contribution in [0.3, 0.4) is 0 Å². The van der Waals surface area contributed by atoms with E-state index in [-0.39, 0.29) is 11.7 Å². The first-order valence-electron chi connectivity index (χ1n) is 6.73. The van der Waals surface area contributed by atoms with Crippen molar-refractivity contribution in [1.82, 2.24) is 5.43 Å². The van der Waals surface area contributed by atoms with E-state index in [0.29, 0.717) is 29.9 Å². The molecule has 1 saturated carbocycles. The predicted octanol–water partition coefficient (Wildman–Crippen LogP) is 1.93. The third-order valence-corrected chi connectivity index (χ3v) is 3.28. The van der Waals surface area contributed by atoms with Gasteiger partial charge in [0, 0.05) is 24.1 Å². The standard InChI is InChI=1S/C15H18N2O4/c1-20-13-7-6-10(8-14(13)21-2)15(19)17-16-11-4-3-5-12(18)9-11/h6-8H,3-5,9H2,1-2H3,(H,17,19)/b16-11-. The molecule has 0 spiro atoms. The number of hydrazone groups is 1. The Bertz CT molecular complexity index is 581. The van der Waals surface area contributed by atoms with Gasteiger partial charge in [-0.25, -0.2) is 5.43 Å². The third kappa shape index (κ3) is 3.81. The van der Waals surface area contributed by atoms with E-state index in [4.69, 9.17) is 9.47 Å². The van der Waals surface area contributed by atoms with Gasteiger partial charge in [-0.2, -0.15) is 5.10 Å². The highest BCUT2D eigenvalue weighted by Crippen LogP contribution is 2.27. The molecule has 0 aromatic heterocycles. The fraction of sp³-hybridized carbons (Fsp3) is 0.400. The molecule has 0 saturated heterocycles. The second-order valence-electron chi connectivity index (χ2n) is 4.76. The average molecular weight is 290 g/mol. The fourth-order valence-electron chi connectivity index (χ4n) is 2.16. The van der Waals surface area contributed by atoms with Crippen LogP contribution in [0.2, 0.25) is 0 Å². The molecule has 0 bridgehead atoms. The van der Waals surface area contributed by atoms with Crippen molar-refractivity contribution in [3.63, 3.8) is 0 Å². The molecule has 1 aromatic carbocycles. The molecule has 6 nitrogen and oxygen atoms in total. The van der Waals surface area contributed by atoms with Gasteiger partial charge in [-0.05, 0) is 31.0 Å². The van der Waals surface area contributed by atoms with Crippen molar-refractivity contribution < 1.29 is 19.1 Å². The summed E-state index contributed by atoms with van der Waals surface area (Å²) >= 11 is 0. The highest BCUT2D eigenvalue weighted by molar-refractivity contribution is 6.04. The van der Waals surface area contributed by atoms with E-state index < -0.39 is 0 Å². The molecule has 112 valence electrons. The van der Waals surface area contributed by atoms with Gasteiger partial charge in [-0.3, -0.25) is 9.59 Å². The van der Waals surface area contributed by atoms with Crippen LogP contribution in [0.4, 0.5) is 0 Å². The van der Waals surface area contributed by atoms with Gasteiger partial charge in [-0.15, -0.1) is 0 Å². The summed E-state index contributed by atoms with van der Waals surface area (Å²) in [5.74, 6) is 0.853. The number of hydrogen-bond donors (Lipinski definition) is 1. The van der Waals surface area contributed by atoms with Gasteiger partial charge < -0.3 is 9.47 Å². The molecule has 1 aliphatic carbocycles. The number of ketones is 1. The summed E-state index contributed by atoms with van der Waals surface area (Å²) in [6.07, 6.45) is 2.47. The lowest BCUT2D eigenvalue weighted by Gasteiger charge is -2.12. The first-order valence-corrected chi connectivity index (χ1v) is 6.73. The van der Waals surface area contributed by atoms with E-state index in [2.05, 4.69) is 10.5 Å². The highest BCUT2D eigenvalue weighted by atomic mass is 16.5. The number of nitrogens with zero attached hydrogens (tertiary/aromatic N) is 1. The van der Waals surface area contributed by atoms with Crippen LogP contribution in [0, 0.1) is 0 Å². The van der Waals surface area contributed by atoms with Crippen LogP contribution in [0.25, 0.3) is 0 Å². The van der Waals surface area contributed by atoms with Gasteiger partial charge >= 0.3 is 0 Å². The molecule has 21 heavy (non-hydrogen) atoms. The average Bonchev–Trinajstić information content (AvgIpc) is 2.52. The van der Waals surface area contributed by atoms with Crippen molar-refractivity contribution in [1.29, 1.82) is 0 Å². The van der Waals surface area contributed by atoms with Gasteiger partial charge in [0.1, 0.15) is 5.78 Å². The lowest BCUT2D eigenvalue weighted by Crippen LogP contribution is -2.22. The van der Waals surface area contributed by atoms with E-state index in [1.807, 2.05) is 0 Å². The molecule has 1 N–H and O–H groups in total. The Kier molecular flexibility index (Phi) is 4.92. The maximum absolute atomic E-state index is 12.0. The molecule has 0 aliphatic heterocycles. The predicted molar refractivity (Wildman–Crippen MR) is 77.9 cm³/mol. The van der Waals surface area contributed by atoms with Gasteiger partial charge in [-0.1, -0.05) is 0 Å². The van der Waals surface area contributed by atoms with Crippen LogP contribution >= 0.6 is 0 Å². The monoisotopic (exact) mass is 290 g/mol. The summed E-state index contributed by atoms with van der Waals surface area (Å²) in [5.41, 5.74) is 3.62. The maximum atomic E-state index is 12.0. The van der Waals surface area contributed by atoms with E-state index in [1.165, 1.54) is 14.2 Å². The number of methoxy groups -OCH3 is 2. The lowest BCUT2D eigenvalue weighted by molar-refractivity contribution is -0.118. The lowest BCUT2D eigenvalue weighted by atomic mass is 9.97. The summed E-state index contributed by atoms with van der Waals surface area (Å²) in [7, 11) is 3.04. The Morgan fingerprint density at radius 2 is 1.95 bits per heavy atom. The van der Waals surface area contributed by atoms with E-state index >= 15 is 0 Å². The Morgan fingerprint density at radius 3 is 2.62 bits per heavy atom. The first-order chi connectivity index (χ1) is 10.1. The Labute approximate surface area is 123 Å². The van der Waals surface area contributed by atoms with Gasteiger partial charge in [0.15, 0.2) is 11.5 Å². The quantitative estimate of drug-likeness (QED) is 0.860. The molecular formula is C15H18N2O4. The van der Waals surface area contributed by atoms with E-state index in [0.717, 1.165) is 18.6 Å². The number of carbonyl (C=O) groups is 2. The van der Waals surface area contributed by atoms with Crippen LogP contribution < -0.4 is 14.9 Å². The van der Waals surface area contributed by atoms with Crippen molar-refractivity contribution in [2.75, 3.05) is 14.2 Å². The topological polar surface area (TPSA) is 77.0 Å². The number of Topliss-reactive ketones (excluding diaryl/α,β-unsaturated/α-hetero) is 1. The largest absolute Gasteiger partial charge is 0.493 e. The Balaban J connectivity index is 2.06. The number of benzene rings is 1. The van der Waals surface area contributed by atoms with Crippen LogP contribution in [0.5, 0.6) is 11.5 Å². The van der Waals surface area contributed by atoms with Crippen LogP contribution in [-0.4, -0.2) is 31.6 Å². The first kappa shape index (κ1) is 15.0. The summed E-state index contributed by atoms with van der Waals surface area (Å²) in [5, 5.41) is 4.03. The number of amides is 1. The van der Waals surface area contributed by atoms with E-state index in [1.54, 1.807) is 18.2 Å². The minimum atomic E-state index is -0.346. The molecule has 0 unspecified atom stereocenters. The molecule has 1 aliphatic rings. The number of carbonyl (C=O) groups excluding carboxylic acids is 2. The molecule has 1 fully saturated rings. The molecule has 1 amide bonds. The molecule has 0 radical (unpaired) electrons. The fourth-order valence-corrected chi connectivity index (χ4v) is 2.16. The maximum Gasteiger partial charge on any atom is 0.271 e. The molecule has 0 atom stereocenters. The van der Waals surface area contributed by atoms with Crippen molar-refractivity contribution in [2.24, 2.45) is 5.10 Å². The summed E-state index contributed by atoms with van der Waals surface area (Å²) in [6.45, 7) is 0. The molecule has 1 aromatic rings. The molecule has 6 heteroatoms. The van der Waals surface area contributed by atoms with Gasteiger partial charge in [0.2, 0.25) is 0 Å². The van der Waals surface area contributed by atoms with Gasteiger partial charge in [0.25, 0.3) is 5.91 Å². The summed E-state index contributed by atoms with van der Waals surface area (Å²) < 4.78 is 10.3. The number of hydrogen-bond acceptors (Lipinski definition) is 5. The smallest absolute Gasteiger partial charge is 0.271 e. The molecule has 0 heterocycles. The number of ether oxygens (including phenoxy) is 2. The molecule has 2 rings (SSSR count). The minimum absolute atomic E-state index is 0.167. The number of rotatable bonds is 4. The minimum Gasteiger partial charge on any atom is -0.493 e. The zero-order chi connectivity index (χ0) is 15.2. The number of nitrogens with one attached hydrogen (secondary N) is 1. The summed E-state index contributed by atoms with van der Waals surface area (Å²) in [4.78, 5) is 23.4. The third-order valence-electron chi connectivity index (χ3n) is 3.28. The zero-order valence-corrected chi connectivity index (χ0v) is 12.1. The van der Waals surface area contributed by atoms with E-state index in [9.17, 15) is 9.59 Å². The van der Waals surface area contributed by atoms with Crippen LogP contribution in [0.1, 0.15) is 36.0 Å². The highest BCUT2D eigenvalue weighted by Gasteiger charge is 2.15. The van der Waals surface area contributed by atoms with Crippen molar-refractivity contribution in [3.8, 4) is 11.5 Å². The second kappa shape index (κ2) is 6.88. The van der Waals surface area contributed by atoms with Crippen LogP contribution in [0.15, 0.2) is 23.3 Å². The zero-order valence-electron chi connectivity index (χ0n) is 12.1. The summed E-state index contributed by atoms with van der Waals surface area (Å²) in [6, 6.07) is 4.87.